The minimum absolute atomic E-state index is 0.146. The van der Waals surface area contributed by atoms with E-state index in [4.69, 9.17) is 0 Å². The van der Waals surface area contributed by atoms with E-state index in [-0.39, 0.29) is 16.7 Å². The number of hydrogen-bond acceptors (Lipinski definition) is 5. The maximum absolute atomic E-state index is 11.3. The molecular formula is C14H17N3O2S. The summed E-state index contributed by atoms with van der Waals surface area (Å²) in [5, 5.41) is 15.5. The standard InChI is InChI=1S/C14H17N3O2S/c1-8(10-4-3-5-10)15-11-6-12-14(20-9(2)16-12)7-13(11)17(18)19/h6-8,10,15H,3-5H2,1-2H3. The second kappa shape index (κ2) is 5.01. The van der Waals surface area contributed by atoms with E-state index in [1.165, 1.54) is 30.6 Å². The van der Waals surface area contributed by atoms with Crippen LogP contribution in [0.2, 0.25) is 0 Å². The average Bonchev–Trinajstić information content (AvgIpc) is 2.64. The molecule has 2 aromatic rings. The third kappa shape index (κ3) is 2.35. The third-order valence-electron chi connectivity index (χ3n) is 4.05. The summed E-state index contributed by atoms with van der Waals surface area (Å²) < 4.78 is 0.871. The van der Waals surface area contributed by atoms with Crippen molar-refractivity contribution in [3.63, 3.8) is 0 Å². The van der Waals surface area contributed by atoms with E-state index in [2.05, 4.69) is 17.2 Å². The maximum atomic E-state index is 11.3. The summed E-state index contributed by atoms with van der Waals surface area (Å²) in [7, 11) is 0. The summed E-state index contributed by atoms with van der Waals surface area (Å²) >= 11 is 1.49. The lowest BCUT2D eigenvalue weighted by molar-refractivity contribution is -0.383. The first kappa shape index (κ1) is 13.3. The summed E-state index contributed by atoms with van der Waals surface area (Å²) in [6, 6.07) is 3.71. The predicted molar refractivity (Wildman–Crippen MR) is 81.4 cm³/mol. The van der Waals surface area contributed by atoms with Gasteiger partial charge in [0.1, 0.15) is 5.69 Å². The van der Waals surface area contributed by atoms with Crippen molar-refractivity contribution in [2.45, 2.75) is 39.2 Å². The second-order valence-electron chi connectivity index (χ2n) is 5.45. The van der Waals surface area contributed by atoms with Crippen molar-refractivity contribution in [2.24, 2.45) is 5.92 Å². The first-order valence-corrected chi connectivity index (χ1v) is 7.68. The number of anilines is 1. The molecule has 3 rings (SSSR count). The van der Waals surface area contributed by atoms with E-state index in [0.717, 1.165) is 15.2 Å². The summed E-state index contributed by atoms with van der Waals surface area (Å²) in [4.78, 5) is 15.4. The molecule has 1 fully saturated rings. The molecule has 1 N–H and O–H groups in total. The van der Waals surface area contributed by atoms with Crippen molar-refractivity contribution < 1.29 is 4.92 Å². The molecule has 1 atom stereocenters. The van der Waals surface area contributed by atoms with Gasteiger partial charge in [-0.3, -0.25) is 10.1 Å². The molecule has 5 nitrogen and oxygen atoms in total. The Morgan fingerprint density at radius 3 is 2.85 bits per heavy atom. The molecule has 1 aromatic heterocycles. The number of thiazole rings is 1. The molecule has 1 saturated carbocycles. The molecule has 106 valence electrons. The van der Waals surface area contributed by atoms with Gasteiger partial charge < -0.3 is 5.32 Å². The molecular weight excluding hydrogens is 274 g/mol. The van der Waals surface area contributed by atoms with Gasteiger partial charge in [0.05, 0.1) is 20.1 Å². The molecule has 1 unspecified atom stereocenters. The van der Waals surface area contributed by atoms with Crippen LogP contribution in [-0.4, -0.2) is 15.9 Å². The van der Waals surface area contributed by atoms with Crippen LogP contribution in [-0.2, 0) is 0 Å². The normalized spacial score (nSPS) is 16.9. The summed E-state index contributed by atoms with van der Waals surface area (Å²) in [6.45, 7) is 4.02. The molecule has 1 aromatic carbocycles. The fraction of sp³-hybridized carbons (Fsp3) is 0.500. The van der Waals surface area contributed by atoms with E-state index in [1.807, 2.05) is 13.0 Å². The Morgan fingerprint density at radius 2 is 2.25 bits per heavy atom. The highest BCUT2D eigenvalue weighted by Gasteiger charge is 2.26. The molecule has 0 spiro atoms. The SMILES string of the molecule is Cc1nc2cc(NC(C)C3CCC3)c([N+](=O)[O-])cc2s1. The van der Waals surface area contributed by atoms with Gasteiger partial charge in [0.2, 0.25) is 0 Å². The number of nitro benzene ring substituents is 1. The summed E-state index contributed by atoms with van der Waals surface area (Å²) in [5.74, 6) is 0.627. The van der Waals surface area contributed by atoms with Crippen LogP contribution in [0.25, 0.3) is 10.2 Å². The lowest BCUT2D eigenvalue weighted by Gasteiger charge is -2.32. The Balaban J connectivity index is 1.97. The molecule has 20 heavy (non-hydrogen) atoms. The number of fused-ring (bicyclic) bond motifs is 1. The van der Waals surface area contributed by atoms with E-state index >= 15 is 0 Å². The Bertz CT molecular complexity index is 664. The first-order chi connectivity index (χ1) is 9.54. The zero-order chi connectivity index (χ0) is 14.3. The Hall–Kier alpha value is -1.69. The first-order valence-electron chi connectivity index (χ1n) is 6.86. The van der Waals surface area contributed by atoms with Crippen LogP contribution in [0.4, 0.5) is 11.4 Å². The van der Waals surface area contributed by atoms with Crippen molar-refractivity contribution in [1.29, 1.82) is 0 Å². The highest BCUT2D eigenvalue weighted by Crippen LogP contribution is 2.36. The van der Waals surface area contributed by atoms with Crippen molar-refractivity contribution >= 4 is 32.9 Å². The Labute approximate surface area is 121 Å². The fourth-order valence-electron chi connectivity index (χ4n) is 2.65. The lowest BCUT2D eigenvalue weighted by atomic mass is 9.80. The van der Waals surface area contributed by atoms with Gasteiger partial charge in [-0.1, -0.05) is 6.42 Å². The van der Waals surface area contributed by atoms with Crippen molar-refractivity contribution in [2.75, 3.05) is 5.32 Å². The molecule has 1 heterocycles. The van der Waals surface area contributed by atoms with Crippen molar-refractivity contribution in [1.82, 2.24) is 4.98 Å². The van der Waals surface area contributed by atoms with Gasteiger partial charge in [-0.25, -0.2) is 4.98 Å². The van der Waals surface area contributed by atoms with Gasteiger partial charge >= 0.3 is 0 Å². The molecule has 0 saturated heterocycles. The van der Waals surface area contributed by atoms with Crippen LogP contribution in [0.15, 0.2) is 12.1 Å². The zero-order valence-corrected chi connectivity index (χ0v) is 12.4. The quantitative estimate of drug-likeness (QED) is 0.679. The van der Waals surface area contributed by atoms with Crippen LogP contribution in [0.1, 0.15) is 31.2 Å². The number of nitrogens with one attached hydrogen (secondary N) is 1. The van der Waals surface area contributed by atoms with Crippen molar-refractivity contribution in [3.8, 4) is 0 Å². The van der Waals surface area contributed by atoms with Gasteiger partial charge in [0.15, 0.2) is 0 Å². The number of hydrogen-bond donors (Lipinski definition) is 1. The van der Waals surface area contributed by atoms with Crippen LogP contribution in [0.3, 0.4) is 0 Å². The highest BCUT2D eigenvalue weighted by atomic mass is 32.1. The van der Waals surface area contributed by atoms with Crippen LogP contribution < -0.4 is 5.32 Å². The zero-order valence-electron chi connectivity index (χ0n) is 11.5. The lowest BCUT2D eigenvalue weighted by Crippen LogP contribution is -2.31. The summed E-state index contributed by atoms with van der Waals surface area (Å²) in [6.07, 6.45) is 3.68. The minimum atomic E-state index is -0.315. The third-order valence-corrected chi connectivity index (χ3v) is 4.98. The predicted octanol–water partition coefficient (Wildman–Crippen LogP) is 4.11. The van der Waals surface area contributed by atoms with Gasteiger partial charge in [0, 0.05) is 12.1 Å². The van der Waals surface area contributed by atoms with E-state index in [1.54, 1.807) is 6.07 Å². The molecule has 1 aliphatic carbocycles. The molecule has 0 radical (unpaired) electrons. The monoisotopic (exact) mass is 291 g/mol. The second-order valence-corrected chi connectivity index (χ2v) is 6.69. The molecule has 0 amide bonds. The Morgan fingerprint density at radius 1 is 1.50 bits per heavy atom. The van der Waals surface area contributed by atoms with Gasteiger partial charge in [-0.2, -0.15) is 0 Å². The van der Waals surface area contributed by atoms with Crippen LogP contribution >= 0.6 is 11.3 Å². The number of aryl methyl sites for hydroxylation is 1. The van der Waals surface area contributed by atoms with Crippen LogP contribution in [0.5, 0.6) is 0 Å². The number of benzene rings is 1. The van der Waals surface area contributed by atoms with Crippen LogP contribution in [0, 0.1) is 23.0 Å². The van der Waals surface area contributed by atoms with E-state index < -0.39 is 0 Å². The maximum Gasteiger partial charge on any atom is 0.293 e. The topological polar surface area (TPSA) is 68.1 Å². The number of nitrogens with zero attached hydrogens (tertiary/aromatic N) is 2. The van der Waals surface area contributed by atoms with E-state index in [0.29, 0.717) is 11.6 Å². The summed E-state index contributed by atoms with van der Waals surface area (Å²) in [5.41, 5.74) is 1.57. The van der Waals surface area contributed by atoms with Gasteiger partial charge in [0.25, 0.3) is 5.69 Å². The molecule has 6 heteroatoms. The smallest absolute Gasteiger partial charge is 0.293 e. The molecule has 0 aliphatic heterocycles. The number of aromatic nitrogens is 1. The fourth-order valence-corrected chi connectivity index (χ4v) is 3.49. The van der Waals surface area contributed by atoms with Gasteiger partial charge in [-0.05, 0) is 38.7 Å². The highest BCUT2D eigenvalue weighted by molar-refractivity contribution is 7.18. The average molecular weight is 291 g/mol. The number of nitro groups is 1. The Kier molecular flexibility index (Phi) is 3.33. The van der Waals surface area contributed by atoms with Crippen molar-refractivity contribution in [3.05, 3.63) is 27.3 Å². The number of rotatable bonds is 4. The molecule has 0 bridgehead atoms. The van der Waals surface area contributed by atoms with Gasteiger partial charge in [-0.15, -0.1) is 11.3 Å². The minimum Gasteiger partial charge on any atom is -0.377 e. The molecule has 1 aliphatic rings. The largest absolute Gasteiger partial charge is 0.377 e. The van der Waals surface area contributed by atoms with E-state index in [9.17, 15) is 10.1 Å².